The van der Waals surface area contributed by atoms with Gasteiger partial charge in [0.15, 0.2) is 17.3 Å². The van der Waals surface area contributed by atoms with E-state index in [1.165, 1.54) is 24.3 Å². The van der Waals surface area contributed by atoms with Gasteiger partial charge in [0.2, 0.25) is 0 Å². The van der Waals surface area contributed by atoms with Crippen LogP contribution in [0.4, 0.5) is 20.2 Å². The summed E-state index contributed by atoms with van der Waals surface area (Å²) >= 11 is 0. The van der Waals surface area contributed by atoms with E-state index >= 15 is 0 Å². The number of nitrogens with zero attached hydrogens (tertiary/aromatic N) is 1. The molecule has 9 heteroatoms. The van der Waals surface area contributed by atoms with Gasteiger partial charge >= 0.3 is 0 Å². The number of carbonyl (C=O) groups excluding carboxylic acids is 1. The molecule has 7 nitrogen and oxygen atoms in total. The van der Waals surface area contributed by atoms with E-state index in [2.05, 4.69) is 5.32 Å². The Hall–Kier alpha value is -3.75. The number of nitro benzene ring substituents is 1. The summed E-state index contributed by atoms with van der Waals surface area (Å²) in [4.78, 5) is 22.8. The van der Waals surface area contributed by atoms with Crippen LogP contribution in [-0.4, -0.2) is 10.8 Å². The first-order chi connectivity index (χ1) is 13.3. The van der Waals surface area contributed by atoms with E-state index in [1.54, 1.807) is 13.0 Å². The van der Waals surface area contributed by atoms with Gasteiger partial charge in [-0.25, -0.2) is 8.78 Å². The summed E-state index contributed by atoms with van der Waals surface area (Å²) in [5.74, 6) is -2.34. The van der Waals surface area contributed by atoms with Gasteiger partial charge in [0.05, 0.1) is 4.92 Å². The highest BCUT2D eigenvalue weighted by atomic mass is 19.1. The van der Waals surface area contributed by atoms with Crippen molar-refractivity contribution in [3.63, 3.8) is 0 Å². The maximum Gasteiger partial charge on any atom is 0.293 e. The number of nitro groups is 1. The van der Waals surface area contributed by atoms with Gasteiger partial charge in [-0.2, -0.15) is 0 Å². The molecule has 0 fully saturated rings. The van der Waals surface area contributed by atoms with Gasteiger partial charge in [0, 0.05) is 12.1 Å². The fraction of sp³-hybridized carbons (Fsp3) is 0.105. The zero-order valence-electron chi connectivity index (χ0n) is 14.6. The van der Waals surface area contributed by atoms with Gasteiger partial charge in [-0.1, -0.05) is 6.07 Å². The van der Waals surface area contributed by atoms with Crippen molar-refractivity contribution in [2.24, 2.45) is 0 Å². The Balaban J connectivity index is 1.68. The molecule has 0 spiro atoms. The molecule has 2 aromatic carbocycles. The highest BCUT2D eigenvalue weighted by Crippen LogP contribution is 2.26. The van der Waals surface area contributed by atoms with Crippen molar-refractivity contribution in [2.75, 3.05) is 5.32 Å². The SMILES string of the molecule is Cc1ccc(NC(=O)c2ccc(COc3ccc(F)cc3F)o2)c([N+](=O)[O-])c1. The molecule has 0 saturated carbocycles. The molecular weight excluding hydrogens is 374 g/mol. The minimum absolute atomic E-state index is 0.0307. The van der Waals surface area contributed by atoms with Crippen molar-refractivity contribution in [1.82, 2.24) is 0 Å². The lowest BCUT2D eigenvalue weighted by Gasteiger charge is -2.06. The maximum atomic E-state index is 13.5. The topological polar surface area (TPSA) is 94.6 Å². The Labute approximate surface area is 157 Å². The van der Waals surface area contributed by atoms with Crippen LogP contribution >= 0.6 is 0 Å². The smallest absolute Gasteiger partial charge is 0.293 e. The Bertz CT molecular complexity index is 1050. The Morgan fingerprint density at radius 2 is 1.96 bits per heavy atom. The molecule has 0 aliphatic rings. The maximum absolute atomic E-state index is 13.5. The number of carbonyl (C=O) groups is 1. The van der Waals surface area contributed by atoms with Crippen molar-refractivity contribution in [3.8, 4) is 5.75 Å². The van der Waals surface area contributed by atoms with Crippen molar-refractivity contribution in [3.05, 3.63) is 87.4 Å². The van der Waals surface area contributed by atoms with Crippen LogP contribution in [-0.2, 0) is 6.61 Å². The van der Waals surface area contributed by atoms with Gasteiger partial charge in [0.25, 0.3) is 11.6 Å². The summed E-state index contributed by atoms with van der Waals surface area (Å²) in [6.45, 7) is 1.50. The van der Waals surface area contributed by atoms with Gasteiger partial charge in [-0.05, 0) is 42.8 Å². The number of ether oxygens (including phenoxy) is 1. The molecule has 0 bridgehead atoms. The van der Waals surface area contributed by atoms with E-state index in [-0.39, 0.29) is 35.3 Å². The van der Waals surface area contributed by atoms with Crippen LogP contribution in [0.2, 0.25) is 0 Å². The minimum atomic E-state index is -0.865. The number of hydrogen-bond acceptors (Lipinski definition) is 5. The minimum Gasteiger partial charge on any atom is -0.483 e. The van der Waals surface area contributed by atoms with Gasteiger partial charge in [-0.15, -0.1) is 0 Å². The summed E-state index contributed by atoms with van der Waals surface area (Å²) in [6.07, 6.45) is 0. The molecule has 0 aliphatic carbocycles. The molecule has 3 aromatic rings. The zero-order valence-corrected chi connectivity index (χ0v) is 14.6. The molecule has 144 valence electrons. The highest BCUT2D eigenvalue weighted by molar-refractivity contribution is 6.03. The largest absolute Gasteiger partial charge is 0.483 e. The number of anilines is 1. The summed E-state index contributed by atoms with van der Waals surface area (Å²) in [5, 5.41) is 13.5. The van der Waals surface area contributed by atoms with Crippen molar-refractivity contribution >= 4 is 17.3 Å². The molecule has 3 rings (SSSR count). The van der Waals surface area contributed by atoms with Crippen LogP contribution < -0.4 is 10.1 Å². The van der Waals surface area contributed by atoms with Crippen LogP contribution in [0.1, 0.15) is 21.9 Å². The molecular formula is C19H14F2N2O5. The molecule has 0 saturated heterocycles. The van der Waals surface area contributed by atoms with E-state index in [0.29, 0.717) is 11.6 Å². The first-order valence-electron chi connectivity index (χ1n) is 8.06. The average Bonchev–Trinajstić information content (AvgIpc) is 3.11. The first kappa shape index (κ1) is 19.0. The van der Waals surface area contributed by atoms with Crippen molar-refractivity contribution in [2.45, 2.75) is 13.5 Å². The average molecular weight is 388 g/mol. The lowest BCUT2D eigenvalue weighted by molar-refractivity contribution is -0.384. The monoisotopic (exact) mass is 388 g/mol. The number of amides is 1. The van der Waals surface area contributed by atoms with Crippen molar-refractivity contribution in [1.29, 1.82) is 0 Å². The van der Waals surface area contributed by atoms with Crippen LogP contribution in [0.15, 0.2) is 52.9 Å². The Kier molecular flexibility index (Phi) is 5.35. The number of benzene rings is 2. The molecule has 0 unspecified atom stereocenters. The van der Waals surface area contributed by atoms with E-state index in [1.807, 2.05) is 0 Å². The molecule has 0 atom stereocenters. The fourth-order valence-corrected chi connectivity index (χ4v) is 2.40. The summed E-state index contributed by atoms with van der Waals surface area (Å²) < 4.78 is 36.9. The van der Waals surface area contributed by atoms with E-state index in [4.69, 9.17) is 9.15 Å². The molecule has 0 aliphatic heterocycles. The van der Waals surface area contributed by atoms with Crippen LogP contribution in [0, 0.1) is 28.7 Å². The first-order valence-corrected chi connectivity index (χ1v) is 8.06. The van der Waals surface area contributed by atoms with Gasteiger partial charge in [0.1, 0.15) is 23.9 Å². The summed E-state index contributed by atoms with van der Waals surface area (Å²) in [7, 11) is 0. The molecule has 0 radical (unpaired) electrons. The molecule has 1 aromatic heterocycles. The summed E-state index contributed by atoms with van der Waals surface area (Å²) in [5.41, 5.74) is 0.466. The normalized spacial score (nSPS) is 10.5. The number of halogens is 2. The third-order valence-electron chi connectivity index (χ3n) is 3.75. The fourth-order valence-electron chi connectivity index (χ4n) is 2.40. The van der Waals surface area contributed by atoms with E-state index < -0.39 is 22.5 Å². The van der Waals surface area contributed by atoms with E-state index in [9.17, 15) is 23.7 Å². The predicted molar refractivity (Wildman–Crippen MR) is 95.2 cm³/mol. The van der Waals surface area contributed by atoms with E-state index in [0.717, 1.165) is 12.1 Å². The summed E-state index contributed by atoms with van der Waals surface area (Å²) in [6, 6.07) is 10.1. The van der Waals surface area contributed by atoms with Crippen LogP contribution in [0.5, 0.6) is 5.75 Å². The quantitative estimate of drug-likeness (QED) is 0.492. The Morgan fingerprint density at radius 1 is 1.18 bits per heavy atom. The second-order valence-corrected chi connectivity index (χ2v) is 5.86. The third kappa shape index (κ3) is 4.32. The van der Waals surface area contributed by atoms with Crippen molar-refractivity contribution < 1.29 is 27.7 Å². The van der Waals surface area contributed by atoms with Crippen LogP contribution in [0.3, 0.4) is 0 Å². The lowest BCUT2D eigenvalue weighted by Crippen LogP contribution is -2.12. The second kappa shape index (κ2) is 7.87. The number of rotatable bonds is 6. The zero-order chi connectivity index (χ0) is 20.3. The number of hydrogen-bond donors (Lipinski definition) is 1. The standard InChI is InChI=1S/C19H14F2N2O5/c1-11-2-5-15(16(8-11)23(25)26)22-19(24)18-7-4-13(28-18)10-27-17-6-3-12(20)9-14(17)21/h2-9H,10H2,1H3,(H,22,24). The molecule has 28 heavy (non-hydrogen) atoms. The Morgan fingerprint density at radius 3 is 2.68 bits per heavy atom. The lowest BCUT2D eigenvalue weighted by atomic mass is 10.2. The highest BCUT2D eigenvalue weighted by Gasteiger charge is 2.19. The number of nitrogens with one attached hydrogen (secondary N) is 1. The third-order valence-corrected chi connectivity index (χ3v) is 3.75. The van der Waals surface area contributed by atoms with Crippen LogP contribution in [0.25, 0.3) is 0 Å². The number of furan rings is 1. The predicted octanol–water partition coefficient (Wildman–Crippen LogP) is 4.61. The van der Waals surface area contributed by atoms with Gasteiger partial charge in [-0.3, -0.25) is 14.9 Å². The molecule has 1 N–H and O–H groups in total. The number of aryl methyl sites for hydroxylation is 1. The molecule has 1 heterocycles. The van der Waals surface area contributed by atoms with Gasteiger partial charge < -0.3 is 14.5 Å². The second-order valence-electron chi connectivity index (χ2n) is 5.86. The molecule has 1 amide bonds.